The first-order valence-electron chi connectivity index (χ1n) is 4.10. The zero-order chi connectivity index (χ0) is 8.97. The molecule has 0 radical (unpaired) electrons. The summed E-state index contributed by atoms with van der Waals surface area (Å²) >= 11 is 0. The largest absolute Gasteiger partial charge is 0.480 e. The highest BCUT2D eigenvalue weighted by atomic mass is 35.5. The van der Waals surface area contributed by atoms with Gasteiger partial charge in [-0.3, -0.25) is 4.79 Å². The van der Waals surface area contributed by atoms with Crippen LogP contribution >= 0.6 is 12.4 Å². The van der Waals surface area contributed by atoms with E-state index >= 15 is 0 Å². The van der Waals surface area contributed by atoms with Crippen molar-refractivity contribution in [1.82, 2.24) is 9.80 Å². The smallest absolute Gasteiger partial charge is 0.323 e. The molecule has 0 aromatic rings. The fourth-order valence-electron chi connectivity index (χ4n) is 1.23. The Morgan fingerprint density at radius 1 is 1.46 bits per heavy atom. The normalized spacial score (nSPS) is 14.5. The van der Waals surface area contributed by atoms with Crippen LogP contribution in [0.15, 0.2) is 12.4 Å². The minimum atomic E-state index is -0.780. The van der Waals surface area contributed by atoms with Gasteiger partial charge < -0.3 is 14.9 Å². The fraction of sp³-hybridized carbons (Fsp3) is 0.625. The van der Waals surface area contributed by atoms with Crippen LogP contribution in [0.1, 0.15) is 13.3 Å². The van der Waals surface area contributed by atoms with E-state index in [9.17, 15) is 4.79 Å². The SMILES string of the molecule is CCCN1C=CN(CC(=O)O)C1.Cl. The molecule has 0 aromatic carbocycles. The number of carbonyl (C=O) groups is 1. The van der Waals surface area contributed by atoms with Gasteiger partial charge in [0.05, 0.1) is 6.67 Å². The van der Waals surface area contributed by atoms with Crippen LogP contribution in [0.2, 0.25) is 0 Å². The molecule has 0 unspecified atom stereocenters. The highest BCUT2D eigenvalue weighted by Crippen LogP contribution is 2.05. The van der Waals surface area contributed by atoms with Gasteiger partial charge in [-0.15, -0.1) is 12.4 Å². The molecule has 0 aliphatic carbocycles. The average molecular weight is 207 g/mol. The molecular weight excluding hydrogens is 192 g/mol. The Kier molecular flexibility index (Phi) is 5.30. The summed E-state index contributed by atoms with van der Waals surface area (Å²) in [6.45, 7) is 3.90. The number of carboxylic acids is 1. The summed E-state index contributed by atoms with van der Waals surface area (Å²) in [5.41, 5.74) is 0. The second kappa shape index (κ2) is 5.70. The molecule has 1 N–H and O–H groups in total. The highest BCUT2D eigenvalue weighted by molar-refractivity contribution is 5.85. The maximum absolute atomic E-state index is 10.3. The quantitative estimate of drug-likeness (QED) is 0.744. The number of carboxylic acid groups (broad SMARTS) is 1. The maximum Gasteiger partial charge on any atom is 0.323 e. The second-order valence-corrected chi connectivity index (χ2v) is 2.89. The summed E-state index contributed by atoms with van der Waals surface area (Å²) in [6, 6.07) is 0. The lowest BCUT2D eigenvalue weighted by atomic mass is 10.4. The topological polar surface area (TPSA) is 43.8 Å². The Hall–Kier alpha value is -0.900. The van der Waals surface area contributed by atoms with Gasteiger partial charge in [-0.05, 0) is 6.42 Å². The number of halogens is 1. The zero-order valence-electron chi connectivity index (χ0n) is 7.64. The van der Waals surface area contributed by atoms with Gasteiger partial charge >= 0.3 is 5.97 Å². The average Bonchev–Trinajstić information content (AvgIpc) is 2.36. The zero-order valence-corrected chi connectivity index (χ0v) is 8.46. The van der Waals surface area contributed by atoms with Crippen LogP contribution in [-0.4, -0.2) is 40.6 Å². The number of aliphatic carboxylic acids is 1. The van der Waals surface area contributed by atoms with Crippen molar-refractivity contribution in [3.63, 3.8) is 0 Å². The van der Waals surface area contributed by atoms with Crippen molar-refractivity contribution in [3.8, 4) is 0 Å². The summed E-state index contributed by atoms with van der Waals surface area (Å²) in [5, 5.41) is 8.50. The predicted molar refractivity (Wildman–Crippen MR) is 52.6 cm³/mol. The molecule has 0 saturated heterocycles. The molecule has 0 fully saturated rings. The van der Waals surface area contributed by atoms with E-state index in [0.717, 1.165) is 13.0 Å². The first kappa shape index (κ1) is 12.1. The maximum atomic E-state index is 10.3. The highest BCUT2D eigenvalue weighted by Gasteiger charge is 2.12. The van der Waals surface area contributed by atoms with E-state index in [-0.39, 0.29) is 19.0 Å². The lowest BCUT2D eigenvalue weighted by Gasteiger charge is -2.18. The summed E-state index contributed by atoms with van der Waals surface area (Å²) in [4.78, 5) is 14.2. The van der Waals surface area contributed by atoms with Crippen LogP contribution in [0.3, 0.4) is 0 Å². The van der Waals surface area contributed by atoms with Crippen LogP contribution in [0.25, 0.3) is 0 Å². The van der Waals surface area contributed by atoms with Gasteiger partial charge in [0, 0.05) is 18.9 Å². The molecule has 0 atom stereocenters. The lowest BCUT2D eigenvalue weighted by Crippen LogP contribution is -2.29. The number of hydrogen-bond donors (Lipinski definition) is 1. The van der Waals surface area contributed by atoms with Gasteiger partial charge in [0.15, 0.2) is 0 Å². The first-order chi connectivity index (χ1) is 5.72. The van der Waals surface area contributed by atoms with Crippen LogP contribution < -0.4 is 0 Å². The summed E-state index contributed by atoms with van der Waals surface area (Å²) in [6.07, 6.45) is 4.85. The molecule has 1 aliphatic rings. The molecule has 5 heteroatoms. The molecule has 0 saturated carbocycles. The Morgan fingerprint density at radius 2 is 2.08 bits per heavy atom. The van der Waals surface area contributed by atoms with Crippen molar-refractivity contribution in [2.75, 3.05) is 19.8 Å². The van der Waals surface area contributed by atoms with E-state index in [2.05, 4.69) is 11.8 Å². The summed E-state index contributed by atoms with van der Waals surface area (Å²) < 4.78 is 0. The minimum Gasteiger partial charge on any atom is -0.480 e. The van der Waals surface area contributed by atoms with Crippen molar-refractivity contribution >= 4 is 18.4 Å². The fourth-order valence-corrected chi connectivity index (χ4v) is 1.23. The molecule has 13 heavy (non-hydrogen) atoms. The molecule has 1 aliphatic heterocycles. The van der Waals surface area contributed by atoms with Crippen LogP contribution in [0, 0.1) is 0 Å². The molecule has 0 spiro atoms. The van der Waals surface area contributed by atoms with Crippen molar-refractivity contribution < 1.29 is 9.90 Å². The van der Waals surface area contributed by atoms with Gasteiger partial charge in [0.25, 0.3) is 0 Å². The van der Waals surface area contributed by atoms with E-state index < -0.39 is 5.97 Å². The Morgan fingerprint density at radius 3 is 2.62 bits per heavy atom. The predicted octanol–water partition coefficient (Wildman–Crippen LogP) is 0.949. The number of rotatable bonds is 4. The summed E-state index contributed by atoms with van der Waals surface area (Å²) in [7, 11) is 0. The van der Waals surface area contributed by atoms with E-state index in [4.69, 9.17) is 5.11 Å². The van der Waals surface area contributed by atoms with Gasteiger partial charge in [0.2, 0.25) is 0 Å². The van der Waals surface area contributed by atoms with Gasteiger partial charge in [-0.25, -0.2) is 0 Å². The Bertz CT molecular complexity index is 197. The van der Waals surface area contributed by atoms with Crippen LogP contribution in [0.5, 0.6) is 0 Å². The van der Waals surface area contributed by atoms with E-state index in [0.29, 0.717) is 6.67 Å². The van der Waals surface area contributed by atoms with Gasteiger partial charge in [-0.1, -0.05) is 6.92 Å². The molecule has 1 rings (SSSR count). The number of hydrogen-bond acceptors (Lipinski definition) is 3. The third-order valence-electron chi connectivity index (χ3n) is 1.70. The first-order valence-corrected chi connectivity index (χ1v) is 4.10. The van der Waals surface area contributed by atoms with E-state index in [1.165, 1.54) is 0 Å². The molecule has 0 aromatic heterocycles. The second-order valence-electron chi connectivity index (χ2n) is 2.89. The van der Waals surface area contributed by atoms with E-state index in [1.807, 2.05) is 12.4 Å². The molecular formula is C8H15ClN2O2. The lowest BCUT2D eigenvalue weighted by molar-refractivity contribution is -0.137. The third kappa shape index (κ3) is 4.03. The Labute approximate surface area is 84.2 Å². The molecule has 1 heterocycles. The molecule has 4 nitrogen and oxygen atoms in total. The van der Waals surface area contributed by atoms with Gasteiger partial charge in [-0.2, -0.15) is 0 Å². The molecule has 0 bridgehead atoms. The van der Waals surface area contributed by atoms with Gasteiger partial charge in [0.1, 0.15) is 6.54 Å². The van der Waals surface area contributed by atoms with Crippen molar-refractivity contribution in [3.05, 3.63) is 12.4 Å². The van der Waals surface area contributed by atoms with Crippen molar-refractivity contribution in [2.45, 2.75) is 13.3 Å². The third-order valence-corrected chi connectivity index (χ3v) is 1.70. The van der Waals surface area contributed by atoms with Crippen molar-refractivity contribution in [2.24, 2.45) is 0 Å². The number of nitrogens with zero attached hydrogens (tertiary/aromatic N) is 2. The van der Waals surface area contributed by atoms with Crippen molar-refractivity contribution in [1.29, 1.82) is 0 Å². The van der Waals surface area contributed by atoms with Crippen LogP contribution in [0.4, 0.5) is 0 Å². The standard InChI is InChI=1S/C8H14N2O2.ClH/c1-2-3-9-4-5-10(7-9)6-8(11)12;/h4-5H,2-3,6-7H2,1H3,(H,11,12);1H. The Balaban J connectivity index is 0.00000144. The monoisotopic (exact) mass is 206 g/mol. The minimum absolute atomic E-state index is 0. The molecule has 0 amide bonds. The van der Waals surface area contributed by atoms with Crippen LogP contribution in [-0.2, 0) is 4.79 Å². The molecule has 76 valence electrons. The summed E-state index contributed by atoms with van der Waals surface area (Å²) in [5.74, 6) is -0.780. The van der Waals surface area contributed by atoms with E-state index in [1.54, 1.807) is 4.90 Å².